The highest BCUT2D eigenvalue weighted by molar-refractivity contribution is 6.23. The van der Waals surface area contributed by atoms with Crippen molar-refractivity contribution in [3.05, 3.63) is 463 Å². The average molecular weight is 1770 g/mol. The minimum absolute atomic E-state index is 0.649. The lowest BCUT2D eigenvalue weighted by atomic mass is 10.0. The van der Waals surface area contributed by atoms with Gasteiger partial charge < -0.3 is 27.0 Å². The summed E-state index contributed by atoms with van der Waals surface area (Å²) in [6.07, 6.45) is 21.4. The molecule has 0 saturated carbocycles. The van der Waals surface area contributed by atoms with Crippen LogP contribution >= 0.6 is 0 Å². The maximum absolute atomic E-state index is 6.57. The standard InChI is InChI=1S/C41H26N4O.2C40H25N5O/c1-2-6-30(7-3-1)39-26-31-12-15-38-40(41(31)46-39)34-8-4-5-9-37(34)45(38)33-13-10-28(11-14-33)35-24-32(27-16-20-42-21-17-27)25-36(44-35)29-18-22-43-23-19-29;1-2-6-28(7-3-1)37-24-30-12-15-36-38(39(30)46-37)32-8-4-5-9-35(32)45(36)31-13-10-29(11-14-31)40-43-33(26-16-20-41-21-17-26)25-34(44-40)27-18-22-42-23-19-27;1-2-6-28(7-3-1)37-24-30-12-15-36-38(39(30)46-37)32-8-4-5-9-35(32)45(36)31-13-10-26(11-14-31)33-25-34(27-16-20-41-21-17-27)44-40(43-33)29-18-22-42-23-19-29/h1-26H;2*1-25H. The largest absolute Gasteiger partial charge is 0.455 e. The van der Waals surface area contributed by atoms with Crippen molar-refractivity contribution in [1.29, 1.82) is 0 Å². The molecular formula is C121H76N14O3. The number of hydrogen-bond donors (Lipinski definition) is 0. The molecule has 0 N–H and O–H groups in total. The van der Waals surface area contributed by atoms with Crippen LogP contribution in [0.1, 0.15) is 0 Å². The van der Waals surface area contributed by atoms with Gasteiger partial charge in [0.1, 0.15) is 34.0 Å². The first-order chi connectivity index (χ1) is 68.4. The van der Waals surface area contributed by atoms with Crippen molar-refractivity contribution in [3.8, 4) is 152 Å². The zero-order valence-electron chi connectivity index (χ0n) is 73.9. The van der Waals surface area contributed by atoms with Gasteiger partial charge in [-0.15, -0.1) is 0 Å². The van der Waals surface area contributed by atoms with E-state index in [4.69, 9.17) is 38.2 Å². The third kappa shape index (κ3) is 15.1. The zero-order chi connectivity index (χ0) is 91.4. The molecule has 17 nitrogen and oxygen atoms in total. The van der Waals surface area contributed by atoms with Crippen LogP contribution in [-0.2, 0) is 0 Å². The summed E-state index contributed by atoms with van der Waals surface area (Å²) in [6, 6.07) is 134. The third-order valence-electron chi connectivity index (χ3n) is 25.5. The first kappa shape index (κ1) is 80.9. The number of benzene rings is 12. The van der Waals surface area contributed by atoms with Crippen molar-refractivity contribution in [3.63, 3.8) is 0 Å². The third-order valence-corrected chi connectivity index (χ3v) is 25.5. The van der Waals surface area contributed by atoms with Crippen LogP contribution in [0.2, 0.25) is 0 Å². The minimum atomic E-state index is 0.649. The number of nitrogens with zero attached hydrogens (tertiary/aromatic N) is 14. The molecule has 27 rings (SSSR count). The molecule has 0 radical (unpaired) electrons. The Balaban J connectivity index is 0.000000110. The van der Waals surface area contributed by atoms with E-state index in [9.17, 15) is 0 Å². The Kier molecular flexibility index (Phi) is 20.4. The van der Waals surface area contributed by atoms with E-state index in [-0.39, 0.29) is 0 Å². The summed E-state index contributed by atoms with van der Waals surface area (Å²) in [5.41, 5.74) is 30.9. The molecule has 138 heavy (non-hydrogen) atoms. The van der Waals surface area contributed by atoms with E-state index in [0.29, 0.717) is 11.6 Å². The highest BCUT2D eigenvalue weighted by Crippen LogP contribution is 2.46. The van der Waals surface area contributed by atoms with Crippen LogP contribution in [0.25, 0.3) is 251 Å². The van der Waals surface area contributed by atoms with Gasteiger partial charge in [0.15, 0.2) is 11.6 Å². The lowest BCUT2D eigenvalue weighted by molar-refractivity contribution is 0.635. The van der Waals surface area contributed by atoms with Crippen LogP contribution < -0.4 is 0 Å². The van der Waals surface area contributed by atoms with Crippen molar-refractivity contribution >= 4 is 98.3 Å². The van der Waals surface area contributed by atoms with E-state index in [1.54, 1.807) is 62.0 Å². The average Bonchev–Trinajstić information content (AvgIpc) is 1.58. The van der Waals surface area contributed by atoms with Gasteiger partial charge in [0.2, 0.25) is 0 Å². The fourth-order valence-electron chi connectivity index (χ4n) is 18.9. The molecular weight excluding hydrogens is 1700 g/mol. The quantitative estimate of drug-likeness (QED) is 0.0940. The number of aromatic nitrogens is 14. The molecule has 0 fully saturated rings. The minimum Gasteiger partial charge on any atom is -0.455 e. The molecule has 0 bridgehead atoms. The molecule has 17 heteroatoms. The Labute approximate surface area is 790 Å². The van der Waals surface area contributed by atoms with Crippen LogP contribution in [0.4, 0.5) is 0 Å². The number of para-hydroxylation sites is 3. The maximum atomic E-state index is 6.57. The number of furan rings is 3. The monoisotopic (exact) mass is 1770 g/mol. The second-order valence-corrected chi connectivity index (χ2v) is 33.7. The Morgan fingerprint density at radius 2 is 0.413 bits per heavy atom. The first-order valence-corrected chi connectivity index (χ1v) is 45.5. The van der Waals surface area contributed by atoms with Crippen LogP contribution in [0, 0.1) is 0 Å². The van der Waals surface area contributed by atoms with E-state index in [2.05, 4.69) is 292 Å². The number of pyridine rings is 7. The molecule has 0 saturated heterocycles. The summed E-state index contributed by atoms with van der Waals surface area (Å²) in [4.78, 5) is 50.0. The predicted octanol–water partition coefficient (Wildman–Crippen LogP) is 29.9. The number of hydrogen-bond acceptors (Lipinski definition) is 14. The Hall–Kier alpha value is -19.1. The zero-order valence-corrected chi connectivity index (χ0v) is 73.9. The Bertz CT molecular complexity index is 8180. The van der Waals surface area contributed by atoms with E-state index in [0.717, 1.165) is 239 Å². The van der Waals surface area contributed by atoms with Gasteiger partial charge in [-0.25, -0.2) is 24.9 Å². The molecule has 12 aromatic carbocycles. The van der Waals surface area contributed by atoms with Crippen molar-refractivity contribution < 1.29 is 13.3 Å². The summed E-state index contributed by atoms with van der Waals surface area (Å²) in [6.45, 7) is 0. The van der Waals surface area contributed by atoms with Gasteiger partial charge in [-0.05, 0) is 230 Å². The van der Waals surface area contributed by atoms with Gasteiger partial charge in [0, 0.05) is 185 Å². The molecule has 27 aromatic rings. The Morgan fingerprint density at radius 1 is 0.167 bits per heavy atom. The molecule has 0 atom stereocenters. The Morgan fingerprint density at radius 3 is 0.717 bits per heavy atom. The molecule has 15 aromatic heterocycles. The summed E-state index contributed by atoms with van der Waals surface area (Å²) in [7, 11) is 0. The molecule has 0 spiro atoms. The van der Waals surface area contributed by atoms with Gasteiger partial charge in [-0.3, -0.25) is 29.9 Å². The molecule has 0 unspecified atom stereocenters. The highest BCUT2D eigenvalue weighted by atomic mass is 16.3. The van der Waals surface area contributed by atoms with Gasteiger partial charge in [0.25, 0.3) is 0 Å². The molecule has 648 valence electrons. The maximum Gasteiger partial charge on any atom is 0.160 e. The van der Waals surface area contributed by atoms with Gasteiger partial charge in [0.05, 0.1) is 83.4 Å². The normalized spacial score (nSPS) is 11.5. The van der Waals surface area contributed by atoms with E-state index in [1.807, 2.05) is 152 Å². The second-order valence-electron chi connectivity index (χ2n) is 33.7. The summed E-state index contributed by atoms with van der Waals surface area (Å²) in [5.74, 6) is 3.91. The van der Waals surface area contributed by atoms with E-state index >= 15 is 0 Å². The summed E-state index contributed by atoms with van der Waals surface area (Å²) in [5, 5.41) is 10.1. The first-order valence-electron chi connectivity index (χ1n) is 45.5. The van der Waals surface area contributed by atoms with E-state index in [1.165, 1.54) is 0 Å². The van der Waals surface area contributed by atoms with Crippen molar-refractivity contribution in [2.24, 2.45) is 0 Å². The van der Waals surface area contributed by atoms with Crippen LogP contribution in [0.5, 0.6) is 0 Å². The molecule has 0 aliphatic rings. The van der Waals surface area contributed by atoms with Crippen LogP contribution in [0.15, 0.2) is 476 Å². The van der Waals surface area contributed by atoms with Gasteiger partial charge >= 0.3 is 0 Å². The molecule has 0 aliphatic heterocycles. The van der Waals surface area contributed by atoms with E-state index < -0.39 is 0 Å². The highest BCUT2D eigenvalue weighted by Gasteiger charge is 2.25. The van der Waals surface area contributed by atoms with Gasteiger partial charge in [-0.2, -0.15) is 0 Å². The van der Waals surface area contributed by atoms with Crippen molar-refractivity contribution in [1.82, 2.24) is 68.5 Å². The second kappa shape index (κ2) is 34.9. The molecule has 15 heterocycles. The lowest BCUT2D eigenvalue weighted by Gasteiger charge is -2.12. The van der Waals surface area contributed by atoms with Crippen LogP contribution in [0.3, 0.4) is 0 Å². The summed E-state index contributed by atoms with van der Waals surface area (Å²) < 4.78 is 26.6. The fourth-order valence-corrected chi connectivity index (χ4v) is 18.9. The lowest BCUT2D eigenvalue weighted by Crippen LogP contribution is -1.97. The predicted molar refractivity (Wildman–Crippen MR) is 553 cm³/mol. The topological polar surface area (TPSA) is 196 Å². The van der Waals surface area contributed by atoms with Crippen molar-refractivity contribution in [2.75, 3.05) is 0 Å². The summed E-state index contributed by atoms with van der Waals surface area (Å²) >= 11 is 0. The van der Waals surface area contributed by atoms with Crippen molar-refractivity contribution in [2.45, 2.75) is 0 Å². The molecule has 0 aliphatic carbocycles. The smallest absolute Gasteiger partial charge is 0.160 e. The fraction of sp³-hybridized carbons (Fsp3) is 0. The number of rotatable bonds is 15. The molecule has 0 amide bonds. The van der Waals surface area contributed by atoms with Gasteiger partial charge in [-0.1, -0.05) is 170 Å². The number of fused-ring (bicyclic) bond motifs is 15. The van der Waals surface area contributed by atoms with Crippen LogP contribution in [-0.4, -0.2) is 68.5 Å². The SMILES string of the molecule is c1ccc(-c2cc3ccc4c(c5ccccc5n4-c4ccc(-c5cc(-c6ccncc6)cc(-c6ccncc6)n5)cc4)c3o2)cc1.c1ccc(-c2cc3ccc4c(c5ccccc5n4-c4ccc(-c5cc(-c6ccncc6)nc(-c6ccncc6)n5)cc4)c3o2)cc1.c1ccc(-c2cc3ccc4c(c5ccccc5n4-c4ccc(-c5nc(-c6ccncc6)cc(-c6ccncc6)n5)cc4)c3o2)cc1.